The lowest BCUT2D eigenvalue weighted by Gasteiger charge is -2.11. The number of fused-ring (bicyclic) bond motifs is 6. The summed E-state index contributed by atoms with van der Waals surface area (Å²) in [5, 5.41) is 6.68. The molecule has 4 nitrogen and oxygen atoms in total. The van der Waals surface area contributed by atoms with Gasteiger partial charge in [-0.15, -0.1) is 0 Å². The van der Waals surface area contributed by atoms with Gasteiger partial charge in [0.05, 0.1) is 0 Å². The fourth-order valence-electron chi connectivity index (χ4n) is 7.16. The normalized spacial score (nSPS) is 11.5. The van der Waals surface area contributed by atoms with Crippen LogP contribution in [-0.4, -0.2) is 15.0 Å². The molecule has 0 spiro atoms. The van der Waals surface area contributed by atoms with Gasteiger partial charge in [0.1, 0.15) is 11.2 Å². The van der Waals surface area contributed by atoms with E-state index in [-0.39, 0.29) is 0 Å². The molecule has 10 rings (SSSR count). The maximum atomic E-state index is 6.94. The van der Waals surface area contributed by atoms with Crippen LogP contribution < -0.4 is 0 Å². The molecule has 0 atom stereocenters. The van der Waals surface area contributed by atoms with Gasteiger partial charge in [-0.05, 0) is 57.1 Å². The highest BCUT2D eigenvalue weighted by Gasteiger charge is 2.22. The fourth-order valence-corrected chi connectivity index (χ4v) is 7.16. The molecule has 0 fully saturated rings. The van der Waals surface area contributed by atoms with E-state index in [0.29, 0.717) is 17.5 Å². The highest BCUT2D eigenvalue weighted by molar-refractivity contribution is 6.21. The van der Waals surface area contributed by atoms with E-state index in [9.17, 15) is 0 Å². The van der Waals surface area contributed by atoms with E-state index in [1.165, 1.54) is 21.9 Å². The molecule has 0 saturated carbocycles. The Hall–Kier alpha value is -6.91. The lowest BCUT2D eigenvalue weighted by Crippen LogP contribution is -2.00. The van der Waals surface area contributed by atoms with Gasteiger partial charge in [-0.2, -0.15) is 0 Å². The lowest BCUT2D eigenvalue weighted by molar-refractivity contribution is 0.674. The van der Waals surface area contributed by atoms with Crippen molar-refractivity contribution in [3.05, 3.63) is 176 Å². The van der Waals surface area contributed by atoms with Crippen molar-refractivity contribution in [2.75, 3.05) is 0 Å². The molecule has 0 N–H and O–H groups in total. The molecule has 0 aliphatic carbocycles. The second-order valence-electron chi connectivity index (χ2n) is 12.8. The Kier molecular flexibility index (Phi) is 6.78. The summed E-state index contributed by atoms with van der Waals surface area (Å²) in [5.41, 5.74) is 8.86. The van der Waals surface area contributed by atoms with E-state index in [2.05, 4.69) is 115 Å². The van der Waals surface area contributed by atoms with Gasteiger partial charge < -0.3 is 4.42 Å². The zero-order chi connectivity index (χ0) is 33.7. The number of hydrogen-bond acceptors (Lipinski definition) is 4. The number of nitrogens with zero attached hydrogens (tertiary/aromatic N) is 3. The molecule has 238 valence electrons. The van der Waals surface area contributed by atoms with Crippen LogP contribution in [0.25, 0.3) is 99.9 Å². The molecule has 0 aliphatic rings. The van der Waals surface area contributed by atoms with Crippen molar-refractivity contribution < 1.29 is 4.42 Å². The average Bonchev–Trinajstić information content (AvgIpc) is 3.61. The molecule has 2 aromatic heterocycles. The van der Waals surface area contributed by atoms with Crippen LogP contribution in [0.2, 0.25) is 0 Å². The van der Waals surface area contributed by atoms with Crippen molar-refractivity contribution in [2.45, 2.75) is 0 Å². The first-order valence-corrected chi connectivity index (χ1v) is 17.1. The van der Waals surface area contributed by atoms with Crippen molar-refractivity contribution in [3.8, 4) is 56.4 Å². The largest absolute Gasteiger partial charge is 0.455 e. The van der Waals surface area contributed by atoms with Crippen LogP contribution in [-0.2, 0) is 0 Å². The molecule has 0 unspecified atom stereocenters. The van der Waals surface area contributed by atoms with Gasteiger partial charge in [0.15, 0.2) is 17.5 Å². The van der Waals surface area contributed by atoms with Crippen LogP contribution in [0.1, 0.15) is 0 Å². The Bertz CT molecular complexity index is 2840. The molecule has 8 aromatic carbocycles. The van der Waals surface area contributed by atoms with Crippen LogP contribution >= 0.6 is 0 Å². The minimum absolute atomic E-state index is 0.599. The van der Waals surface area contributed by atoms with Crippen molar-refractivity contribution in [2.24, 2.45) is 0 Å². The Labute approximate surface area is 294 Å². The van der Waals surface area contributed by atoms with Gasteiger partial charge in [0, 0.05) is 38.4 Å². The maximum absolute atomic E-state index is 6.94. The van der Waals surface area contributed by atoms with Crippen LogP contribution in [0.4, 0.5) is 0 Å². The third-order valence-electron chi connectivity index (χ3n) is 9.73. The SMILES string of the molecule is c1ccc(-c2nc(-c3ccccc3)nc(-c3ccc(-c4ccc(-c5ccc6ccccc6c5)cc4)c4oc5c6ccccc6ccc5c34)n2)cc1. The minimum atomic E-state index is 0.599. The Morgan fingerprint density at radius 1 is 0.314 bits per heavy atom. The predicted octanol–water partition coefficient (Wildman–Crippen LogP) is 12.4. The maximum Gasteiger partial charge on any atom is 0.164 e. The molecule has 0 saturated heterocycles. The summed E-state index contributed by atoms with van der Waals surface area (Å²) in [5.74, 6) is 1.85. The molecule has 0 aliphatic heterocycles. The second-order valence-corrected chi connectivity index (χ2v) is 12.8. The first-order valence-electron chi connectivity index (χ1n) is 17.1. The van der Waals surface area contributed by atoms with Crippen LogP contribution in [0, 0.1) is 0 Å². The molecule has 0 amide bonds. The molecule has 51 heavy (non-hydrogen) atoms. The van der Waals surface area contributed by atoms with Gasteiger partial charge in [-0.25, -0.2) is 15.0 Å². The number of furan rings is 1. The van der Waals surface area contributed by atoms with Crippen LogP contribution in [0.5, 0.6) is 0 Å². The lowest BCUT2D eigenvalue weighted by atomic mass is 9.95. The van der Waals surface area contributed by atoms with Gasteiger partial charge >= 0.3 is 0 Å². The molecule has 4 heteroatoms. The van der Waals surface area contributed by atoms with E-state index in [1.807, 2.05) is 60.7 Å². The van der Waals surface area contributed by atoms with Gasteiger partial charge in [0.25, 0.3) is 0 Å². The standard InChI is InChI=1S/C47H29N3O/c1-3-13-34(14-4-1)45-48-46(35-15-5-2-6-16-35)50-47(49-45)41-28-27-39(44-42(41)40-26-25-32-12-9-10-18-38(32)43(40)51-44)33-22-19-31(20-23-33)37-24-21-30-11-7-8-17-36(30)29-37/h1-29H. The highest BCUT2D eigenvalue weighted by Crippen LogP contribution is 2.43. The van der Waals surface area contributed by atoms with E-state index in [0.717, 1.165) is 60.5 Å². The van der Waals surface area contributed by atoms with E-state index >= 15 is 0 Å². The molecule has 0 radical (unpaired) electrons. The van der Waals surface area contributed by atoms with Crippen molar-refractivity contribution in [3.63, 3.8) is 0 Å². The zero-order valence-corrected chi connectivity index (χ0v) is 27.5. The van der Waals surface area contributed by atoms with Gasteiger partial charge in [-0.3, -0.25) is 0 Å². The summed E-state index contributed by atoms with van der Waals surface area (Å²) in [6.45, 7) is 0. The van der Waals surface area contributed by atoms with Crippen LogP contribution in [0.15, 0.2) is 180 Å². The summed E-state index contributed by atoms with van der Waals surface area (Å²) < 4.78 is 6.94. The van der Waals surface area contributed by atoms with E-state index in [4.69, 9.17) is 19.4 Å². The summed E-state index contributed by atoms with van der Waals surface area (Å²) in [7, 11) is 0. The molecule has 2 heterocycles. The van der Waals surface area contributed by atoms with Gasteiger partial charge in [-0.1, -0.05) is 152 Å². The van der Waals surface area contributed by atoms with E-state index < -0.39 is 0 Å². The minimum Gasteiger partial charge on any atom is -0.455 e. The second kappa shape index (κ2) is 11.9. The molecular formula is C47H29N3O. The monoisotopic (exact) mass is 651 g/mol. The summed E-state index contributed by atoms with van der Waals surface area (Å²) in [6, 6.07) is 61.0. The van der Waals surface area contributed by atoms with E-state index in [1.54, 1.807) is 0 Å². The third kappa shape index (κ3) is 5.04. The number of benzene rings is 8. The number of hydrogen-bond donors (Lipinski definition) is 0. The van der Waals surface area contributed by atoms with Crippen molar-refractivity contribution in [1.82, 2.24) is 15.0 Å². The Morgan fingerprint density at radius 2 is 0.863 bits per heavy atom. The van der Waals surface area contributed by atoms with Crippen LogP contribution in [0.3, 0.4) is 0 Å². The predicted molar refractivity (Wildman–Crippen MR) is 209 cm³/mol. The molecular weight excluding hydrogens is 623 g/mol. The number of rotatable bonds is 5. The molecule has 10 aromatic rings. The number of aromatic nitrogens is 3. The molecule has 0 bridgehead atoms. The quantitative estimate of drug-likeness (QED) is 0.186. The third-order valence-corrected chi connectivity index (χ3v) is 9.73. The average molecular weight is 652 g/mol. The summed E-state index contributed by atoms with van der Waals surface area (Å²) in [4.78, 5) is 15.1. The van der Waals surface area contributed by atoms with Gasteiger partial charge in [0.2, 0.25) is 0 Å². The topological polar surface area (TPSA) is 51.8 Å². The fraction of sp³-hybridized carbons (Fsp3) is 0. The smallest absolute Gasteiger partial charge is 0.164 e. The Balaban J connectivity index is 1.19. The Morgan fingerprint density at radius 3 is 1.59 bits per heavy atom. The first kappa shape index (κ1) is 29.0. The zero-order valence-electron chi connectivity index (χ0n) is 27.5. The van der Waals surface area contributed by atoms with Crippen molar-refractivity contribution >= 4 is 43.5 Å². The van der Waals surface area contributed by atoms with Crippen molar-refractivity contribution in [1.29, 1.82) is 0 Å². The summed E-state index contributed by atoms with van der Waals surface area (Å²) >= 11 is 0. The first-order chi connectivity index (χ1) is 25.3. The summed E-state index contributed by atoms with van der Waals surface area (Å²) in [6.07, 6.45) is 0. The highest BCUT2D eigenvalue weighted by atomic mass is 16.3.